The van der Waals surface area contributed by atoms with Crippen LogP contribution in [-0.4, -0.2) is 18.3 Å². The average molecular weight is 211 g/mol. The third-order valence-corrected chi connectivity index (χ3v) is 2.41. The summed E-state index contributed by atoms with van der Waals surface area (Å²) in [6.07, 6.45) is 1.78. The van der Waals surface area contributed by atoms with Crippen molar-refractivity contribution in [2.75, 3.05) is 13.2 Å². The van der Waals surface area contributed by atoms with Crippen molar-refractivity contribution >= 4 is 0 Å². The van der Waals surface area contributed by atoms with Gasteiger partial charge in [0.25, 0.3) is 0 Å². The van der Waals surface area contributed by atoms with Gasteiger partial charge in [-0.15, -0.1) is 0 Å². The van der Waals surface area contributed by atoms with E-state index in [1.165, 1.54) is 12.1 Å². The summed E-state index contributed by atoms with van der Waals surface area (Å²) in [6.45, 7) is 3.16. The first-order valence-electron chi connectivity index (χ1n) is 5.33. The first kappa shape index (κ1) is 12.1. The summed E-state index contributed by atoms with van der Waals surface area (Å²) in [6, 6.07) is 6.75. The zero-order valence-corrected chi connectivity index (χ0v) is 9.04. The van der Waals surface area contributed by atoms with Gasteiger partial charge in [0.1, 0.15) is 5.82 Å². The van der Waals surface area contributed by atoms with Gasteiger partial charge in [0.05, 0.1) is 0 Å². The molecule has 0 fully saturated rings. The second-order valence-corrected chi connectivity index (χ2v) is 3.66. The molecule has 0 aliphatic heterocycles. The zero-order chi connectivity index (χ0) is 11.1. The van der Waals surface area contributed by atoms with E-state index < -0.39 is 0 Å². The highest BCUT2D eigenvalue weighted by Crippen LogP contribution is 2.12. The Morgan fingerprint density at radius 1 is 1.27 bits per heavy atom. The van der Waals surface area contributed by atoms with Crippen molar-refractivity contribution in [3.05, 3.63) is 35.6 Å². The van der Waals surface area contributed by atoms with Crippen molar-refractivity contribution in [2.24, 2.45) is 0 Å². The van der Waals surface area contributed by atoms with Crippen LogP contribution in [-0.2, 0) is 0 Å². The van der Waals surface area contributed by atoms with Gasteiger partial charge in [-0.2, -0.15) is 0 Å². The number of aliphatic hydroxyl groups is 1. The molecule has 84 valence electrons. The van der Waals surface area contributed by atoms with Crippen LogP contribution in [0.2, 0.25) is 0 Å². The van der Waals surface area contributed by atoms with Crippen molar-refractivity contribution in [3.8, 4) is 0 Å². The molecular weight excluding hydrogens is 193 g/mol. The lowest BCUT2D eigenvalue weighted by Gasteiger charge is -2.13. The number of benzene rings is 1. The van der Waals surface area contributed by atoms with Crippen molar-refractivity contribution < 1.29 is 9.50 Å². The van der Waals surface area contributed by atoms with E-state index in [4.69, 9.17) is 5.11 Å². The van der Waals surface area contributed by atoms with Gasteiger partial charge in [-0.1, -0.05) is 12.1 Å². The largest absolute Gasteiger partial charge is 0.396 e. The number of rotatable bonds is 6. The van der Waals surface area contributed by atoms with Crippen LogP contribution in [0.1, 0.15) is 31.4 Å². The van der Waals surface area contributed by atoms with Crippen molar-refractivity contribution in [3.63, 3.8) is 0 Å². The lowest BCUT2D eigenvalue weighted by molar-refractivity contribution is 0.283. The van der Waals surface area contributed by atoms with Crippen molar-refractivity contribution in [2.45, 2.75) is 25.8 Å². The van der Waals surface area contributed by atoms with Crippen LogP contribution in [0.3, 0.4) is 0 Å². The monoisotopic (exact) mass is 211 g/mol. The van der Waals surface area contributed by atoms with Gasteiger partial charge >= 0.3 is 0 Å². The molecule has 1 rings (SSSR count). The number of hydrogen-bond donors (Lipinski definition) is 2. The maximum atomic E-state index is 12.7. The number of unbranched alkanes of at least 4 members (excludes halogenated alkanes) is 1. The molecule has 2 nitrogen and oxygen atoms in total. The molecule has 1 aromatic carbocycles. The van der Waals surface area contributed by atoms with Crippen LogP contribution in [0.25, 0.3) is 0 Å². The minimum absolute atomic E-state index is 0.203. The Bertz CT molecular complexity index is 273. The molecule has 1 atom stereocenters. The minimum atomic E-state index is -0.203. The number of aliphatic hydroxyl groups excluding tert-OH is 1. The van der Waals surface area contributed by atoms with E-state index in [1.54, 1.807) is 12.1 Å². The lowest BCUT2D eigenvalue weighted by Crippen LogP contribution is -2.20. The molecule has 3 heteroatoms. The van der Waals surface area contributed by atoms with E-state index in [-0.39, 0.29) is 18.5 Å². The molecule has 2 N–H and O–H groups in total. The molecule has 0 unspecified atom stereocenters. The fourth-order valence-corrected chi connectivity index (χ4v) is 1.42. The molecular formula is C12H18FNO. The predicted octanol–water partition coefficient (Wildman–Crippen LogP) is 2.25. The van der Waals surface area contributed by atoms with E-state index in [0.717, 1.165) is 24.9 Å². The topological polar surface area (TPSA) is 32.3 Å². The van der Waals surface area contributed by atoms with E-state index in [9.17, 15) is 4.39 Å². The van der Waals surface area contributed by atoms with Gasteiger partial charge in [0.15, 0.2) is 0 Å². The fourth-order valence-electron chi connectivity index (χ4n) is 1.42. The molecule has 1 aromatic rings. The maximum Gasteiger partial charge on any atom is 0.123 e. The van der Waals surface area contributed by atoms with Crippen LogP contribution in [0.4, 0.5) is 4.39 Å². The second-order valence-electron chi connectivity index (χ2n) is 3.66. The quantitative estimate of drug-likeness (QED) is 0.707. The number of hydrogen-bond acceptors (Lipinski definition) is 2. The van der Waals surface area contributed by atoms with E-state index in [2.05, 4.69) is 5.32 Å². The Balaban J connectivity index is 2.33. The van der Waals surface area contributed by atoms with Crippen molar-refractivity contribution in [1.82, 2.24) is 5.32 Å². The first-order chi connectivity index (χ1) is 7.24. The lowest BCUT2D eigenvalue weighted by atomic mass is 10.1. The molecule has 0 saturated heterocycles. The number of halogens is 1. The highest BCUT2D eigenvalue weighted by atomic mass is 19.1. The van der Waals surface area contributed by atoms with Crippen molar-refractivity contribution in [1.29, 1.82) is 0 Å². The average Bonchev–Trinajstić information content (AvgIpc) is 2.25. The van der Waals surface area contributed by atoms with E-state index in [0.29, 0.717) is 0 Å². The SMILES string of the molecule is C[C@H](NCCCCO)c1ccc(F)cc1. The predicted molar refractivity (Wildman–Crippen MR) is 59.1 cm³/mol. The van der Waals surface area contributed by atoms with Gasteiger partial charge in [0, 0.05) is 12.6 Å². The third-order valence-electron chi connectivity index (χ3n) is 2.41. The van der Waals surface area contributed by atoms with Gasteiger partial charge in [-0.25, -0.2) is 4.39 Å². The second kappa shape index (κ2) is 6.53. The molecule has 15 heavy (non-hydrogen) atoms. The van der Waals surface area contributed by atoms with Gasteiger partial charge in [-0.3, -0.25) is 0 Å². The zero-order valence-electron chi connectivity index (χ0n) is 9.04. The Hall–Kier alpha value is -0.930. The normalized spacial score (nSPS) is 12.7. The summed E-state index contributed by atoms with van der Waals surface area (Å²) in [5.41, 5.74) is 1.08. The summed E-state index contributed by atoms with van der Waals surface area (Å²) in [5.74, 6) is -0.203. The highest BCUT2D eigenvalue weighted by Gasteiger charge is 2.03. The molecule has 0 amide bonds. The van der Waals surface area contributed by atoms with Gasteiger partial charge < -0.3 is 10.4 Å². The molecule has 0 radical (unpaired) electrons. The Morgan fingerprint density at radius 2 is 1.93 bits per heavy atom. The maximum absolute atomic E-state index is 12.7. The smallest absolute Gasteiger partial charge is 0.123 e. The standard InChI is InChI=1S/C12H18FNO/c1-10(14-8-2-3-9-15)11-4-6-12(13)7-5-11/h4-7,10,14-15H,2-3,8-9H2,1H3/t10-/m0/s1. The third kappa shape index (κ3) is 4.40. The van der Waals surface area contributed by atoms with Crippen LogP contribution < -0.4 is 5.32 Å². The van der Waals surface area contributed by atoms with Crippen LogP contribution in [0, 0.1) is 5.82 Å². The Kier molecular flexibility index (Phi) is 5.29. The summed E-state index contributed by atoms with van der Waals surface area (Å²) >= 11 is 0. The highest BCUT2D eigenvalue weighted by molar-refractivity contribution is 5.19. The fraction of sp³-hybridized carbons (Fsp3) is 0.500. The molecule has 0 spiro atoms. The summed E-state index contributed by atoms with van der Waals surface area (Å²) < 4.78 is 12.7. The molecule has 0 saturated carbocycles. The number of nitrogens with one attached hydrogen (secondary N) is 1. The first-order valence-corrected chi connectivity index (χ1v) is 5.33. The summed E-state index contributed by atoms with van der Waals surface area (Å²) in [7, 11) is 0. The van der Waals surface area contributed by atoms with Gasteiger partial charge in [0.2, 0.25) is 0 Å². The summed E-state index contributed by atoms with van der Waals surface area (Å²) in [5, 5.41) is 11.9. The Morgan fingerprint density at radius 3 is 2.53 bits per heavy atom. The molecule has 0 aliphatic carbocycles. The molecule has 0 aromatic heterocycles. The van der Waals surface area contributed by atoms with Crippen LogP contribution in [0.5, 0.6) is 0 Å². The minimum Gasteiger partial charge on any atom is -0.396 e. The Labute approximate surface area is 90.1 Å². The molecule has 0 aliphatic rings. The van der Waals surface area contributed by atoms with Crippen LogP contribution in [0.15, 0.2) is 24.3 Å². The summed E-state index contributed by atoms with van der Waals surface area (Å²) in [4.78, 5) is 0. The van der Waals surface area contributed by atoms with E-state index >= 15 is 0 Å². The van der Waals surface area contributed by atoms with E-state index in [1.807, 2.05) is 6.92 Å². The van der Waals surface area contributed by atoms with Gasteiger partial charge in [-0.05, 0) is 44.0 Å². The molecule has 0 bridgehead atoms. The van der Waals surface area contributed by atoms with Crippen LogP contribution >= 0.6 is 0 Å². The molecule has 0 heterocycles.